The number of ketones is 1. The number of rotatable bonds is 6. The minimum atomic E-state index is -0.622. The van der Waals surface area contributed by atoms with Gasteiger partial charge in [0.1, 0.15) is 12.6 Å². The molecule has 2 amide bonds. The molecule has 3 atom stereocenters. The van der Waals surface area contributed by atoms with Crippen molar-refractivity contribution in [2.75, 3.05) is 13.2 Å². The van der Waals surface area contributed by atoms with E-state index in [4.69, 9.17) is 10.5 Å². The number of benzene rings is 1. The van der Waals surface area contributed by atoms with Gasteiger partial charge in [0.15, 0.2) is 5.78 Å². The van der Waals surface area contributed by atoms with Gasteiger partial charge >= 0.3 is 0 Å². The normalized spacial score (nSPS) is 21.0. The molecule has 0 radical (unpaired) electrons. The number of amides is 2. The summed E-state index contributed by atoms with van der Waals surface area (Å²) in [6.07, 6.45) is 0.848. The van der Waals surface area contributed by atoms with Gasteiger partial charge in [-0.3, -0.25) is 14.4 Å². The van der Waals surface area contributed by atoms with Crippen LogP contribution in [0, 0.1) is 0 Å². The predicted octanol–water partition coefficient (Wildman–Crippen LogP) is 3.47. The molecule has 2 aliphatic rings. The number of carbonyl (C=O) groups excluding carboxylic acids is 3. The summed E-state index contributed by atoms with van der Waals surface area (Å²) >= 11 is 3.16. The number of thiophene rings is 2. The molecule has 2 N–H and O–H groups in total. The number of carbonyl (C=O) groups is 3. The Kier molecular flexibility index (Phi) is 5.67. The molecular formula is C24H22N2O4S2. The fraction of sp³-hybridized carbons (Fsp3) is 0.292. The zero-order valence-corrected chi connectivity index (χ0v) is 18.9. The van der Waals surface area contributed by atoms with Gasteiger partial charge in [-0.2, -0.15) is 0 Å². The highest BCUT2D eigenvalue weighted by Gasteiger charge is 2.48. The Balaban J connectivity index is 1.59. The average molecular weight is 467 g/mol. The number of primary amides is 1. The van der Waals surface area contributed by atoms with Crippen molar-refractivity contribution in [1.29, 1.82) is 0 Å². The van der Waals surface area contributed by atoms with Crippen LogP contribution in [0.15, 0.2) is 53.2 Å². The van der Waals surface area contributed by atoms with Crippen LogP contribution in [0.4, 0.5) is 0 Å². The highest BCUT2D eigenvalue weighted by Crippen LogP contribution is 2.36. The summed E-state index contributed by atoms with van der Waals surface area (Å²) in [5.41, 5.74) is 7.60. The molecule has 0 spiro atoms. The van der Waals surface area contributed by atoms with E-state index in [2.05, 4.69) is 0 Å². The van der Waals surface area contributed by atoms with Crippen molar-refractivity contribution < 1.29 is 19.1 Å². The van der Waals surface area contributed by atoms with E-state index in [-0.39, 0.29) is 24.4 Å². The Morgan fingerprint density at radius 3 is 2.69 bits per heavy atom. The topological polar surface area (TPSA) is 89.7 Å². The van der Waals surface area contributed by atoms with Crippen LogP contribution in [0.3, 0.4) is 0 Å². The first-order valence-electron chi connectivity index (χ1n) is 10.5. The van der Waals surface area contributed by atoms with Crippen molar-refractivity contribution >= 4 is 40.3 Å². The zero-order valence-electron chi connectivity index (χ0n) is 17.2. The zero-order chi connectivity index (χ0) is 22.2. The molecule has 8 heteroatoms. The number of likely N-dealkylation sites (tertiary alicyclic amines) is 1. The largest absolute Gasteiger partial charge is 0.368 e. The second kappa shape index (κ2) is 8.61. The molecule has 3 aromatic rings. The Labute approximate surface area is 193 Å². The summed E-state index contributed by atoms with van der Waals surface area (Å²) in [5.74, 6) is -1.40. The molecule has 4 heterocycles. The van der Waals surface area contributed by atoms with Crippen LogP contribution in [0.25, 0.3) is 10.4 Å². The Morgan fingerprint density at radius 2 is 1.97 bits per heavy atom. The first kappa shape index (κ1) is 21.1. The van der Waals surface area contributed by atoms with Crippen LogP contribution in [0.5, 0.6) is 0 Å². The molecule has 1 aromatic carbocycles. The summed E-state index contributed by atoms with van der Waals surface area (Å²) in [7, 11) is 0. The number of ether oxygens (including phenoxy) is 1. The van der Waals surface area contributed by atoms with Gasteiger partial charge in [0.25, 0.3) is 0 Å². The molecule has 2 aliphatic heterocycles. The number of hydrogen-bond donors (Lipinski definition) is 1. The Bertz CT molecular complexity index is 1160. The molecule has 2 aromatic heterocycles. The van der Waals surface area contributed by atoms with Crippen LogP contribution in [0.2, 0.25) is 0 Å². The molecule has 3 unspecified atom stereocenters. The van der Waals surface area contributed by atoms with Gasteiger partial charge in [0.05, 0.1) is 12.0 Å². The van der Waals surface area contributed by atoms with Crippen LogP contribution in [-0.4, -0.2) is 47.8 Å². The standard InChI is InChI=1S/C24H22N2O4S2/c25-23(28)16-6-5-14(21-4-2-10-32-21)11-17(16)18(12-15-3-1-9-31-15)24(29)26-8-7-20-22(26)19(27)13-30-20/h1-6,9-11,18,20,22H,7-8,12-13H2,(H2,25,28). The number of nitrogens with two attached hydrogens (primary N) is 1. The Morgan fingerprint density at radius 1 is 1.16 bits per heavy atom. The fourth-order valence-corrected chi connectivity index (χ4v) is 6.15. The lowest BCUT2D eigenvalue weighted by Crippen LogP contribution is -2.44. The maximum atomic E-state index is 13.9. The van der Waals surface area contributed by atoms with E-state index in [0.717, 1.165) is 15.3 Å². The van der Waals surface area contributed by atoms with Crippen LogP contribution in [0.1, 0.15) is 33.1 Å². The molecule has 0 saturated carbocycles. The molecule has 2 saturated heterocycles. The minimum Gasteiger partial charge on any atom is -0.368 e. The van der Waals surface area contributed by atoms with Crippen molar-refractivity contribution in [2.45, 2.75) is 30.9 Å². The summed E-state index contributed by atoms with van der Waals surface area (Å²) in [6.45, 7) is 0.520. The van der Waals surface area contributed by atoms with Crippen LogP contribution in [-0.2, 0) is 20.7 Å². The van der Waals surface area contributed by atoms with Gasteiger partial charge in [0, 0.05) is 21.9 Å². The minimum absolute atomic E-state index is 0.0507. The van der Waals surface area contributed by atoms with Gasteiger partial charge in [-0.25, -0.2) is 0 Å². The number of Topliss-reactive ketones (excluding diaryl/α,β-unsaturated/α-hetero) is 1. The highest BCUT2D eigenvalue weighted by atomic mass is 32.1. The summed E-state index contributed by atoms with van der Waals surface area (Å²) < 4.78 is 5.58. The van der Waals surface area contributed by atoms with E-state index < -0.39 is 17.9 Å². The van der Waals surface area contributed by atoms with Gasteiger partial charge in [-0.1, -0.05) is 18.2 Å². The molecule has 2 fully saturated rings. The second-order valence-corrected chi connectivity index (χ2v) is 10.0. The van der Waals surface area contributed by atoms with Gasteiger partial charge in [-0.15, -0.1) is 22.7 Å². The molecule has 32 heavy (non-hydrogen) atoms. The van der Waals surface area contributed by atoms with E-state index in [1.807, 2.05) is 47.2 Å². The smallest absolute Gasteiger partial charge is 0.249 e. The van der Waals surface area contributed by atoms with Crippen LogP contribution < -0.4 is 5.73 Å². The van der Waals surface area contributed by atoms with E-state index in [1.165, 1.54) is 0 Å². The van der Waals surface area contributed by atoms with E-state index in [9.17, 15) is 14.4 Å². The third-order valence-electron chi connectivity index (χ3n) is 6.18. The van der Waals surface area contributed by atoms with Crippen molar-refractivity contribution in [3.8, 4) is 10.4 Å². The lowest BCUT2D eigenvalue weighted by atomic mass is 9.87. The predicted molar refractivity (Wildman–Crippen MR) is 124 cm³/mol. The van der Waals surface area contributed by atoms with Crippen molar-refractivity contribution in [2.24, 2.45) is 5.73 Å². The van der Waals surface area contributed by atoms with Gasteiger partial charge in [-0.05, 0) is 59.0 Å². The lowest BCUT2D eigenvalue weighted by molar-refractivity contribution is -0.137. The van der Waals surface area contributed by atoms with Crippen LogP contribution >= 0.6 is 22.7 Å². The highest BCUT2D eigenvalue weighted by molar-refractivity contribution is 7.13. The molecule has 0 aliphatic carbocycles. The molecular weight excluding hydrogens is 444 g/mol. The van der Waals surface area contributed by atoms with E-state index >= 15 is 0 Å². The maximum Gasteiger partial charge on any atom is 0.249 e. The number of nitrogens with zero attached hydrogens (tertiary/aromatic N) is 1. The lowest BCUT2D eigenvalue weighted by Gasteiger charge is -2.28. The maximum absolute atomic E-state index is 13.9. The first-order valence-corrected chi connectivity index (χ1v) is 12.2. The third-order valence-corrected chi connectivity index (χ3v) is 7.99. The average Bonchev–Trinajstić information content (AvgIpc) is 3.58. The monoisotopic (exact) mass is 466 g/mol. The summed E-state index contributed by atoms with van der Waals surface area (Å²) in [5, 5.41) is 3.95. The quantitative estimate of drug-likeness (QED) is 0.602. The second-order valence-electron chi connectivity index (χ2n) is 8.06. The fourth-order valence-electron chi connectivity index (χ4n) is 4.67. The van der Waals surface area contributed by atoms with E-state index in [0.29, 0.717) is 30.5 Å². The van der Waals surface area contributed by atoms with Gasteiger partial charge < -0.3 is 15.4 Å². The van der Waals surface area contributed by atoms with Crippen molar-refractivity contribution in [1.82, 2.24) is 4.90 Å². The SMILES string of the molecule is NC(=O)c1ccc(-c2cccs2)cc1C(Cc1cccs1)C(=O)N1CCC2OCC(=O)C21. The van der Waals surface area contributed by atoms with E-state index in [1.54, 1.807) is 33.6 Å². The summed E-state index contributed by atoms with van der Waals surface area (Å²) in [4.78, 5) is 42.4. The number of fused-ring (bicyclic) bond motifs is 1. The molecule has 164 valence electrons. The molecule has 5 rings (SSSR count). The molecule has 6 nitrogen and oxygen atoms in total. The number of hydrogen-bond acceptors (Lipinski definition) is 6. The summed E-state index contributed by atoms with van der Waals surface area (Å²) in [6, 6.07) is 12.8. The van der Waals surface area contributed by atoms with Gasteiger partial charge in [0.2, 0.25) is 11.8 Å². The first-order chi connectivity index (χ1) is 15.5. The van der Waals surface area contributed by atoms with Crippen molar-refractivity contribution in [3.63, 3.8) is 0 Å². The molecule has 0 bridgehead atoms. The third kappa shape index (κ3) is 3.79. The van der Waals surface area contributed by atoms with Crippen molar-refractivity contribution in [3.05, 3.63) is 69.2 Å². The Hall–Kier alpha value is -2.81.